The average molecular weight is 323 g/mol. The van der Waals surface area contributed by atoms with E-state index in [4.69, 9.17) is 0 Å². The number of unbranched alkanes of at least 4 members (excludes halogenated alkanes) is 1. The quantitative estimate of drug-likeness (QED) is 0.344. The first-order valence-corrected chi connectivity index (χ1v) is 7.96. The first-order valence-electron chi connectivity index (χ1n) is 7.96. The van der Waals surface area contributed by atoms with Crippen molar-refractivity contribution in [2.75, 3.05) is 25.0 Å². The normalized spacial score (nSPS) is 11.8. The van der Waals surface area contributed by atoms with Crippen LogP contribution in [0.5, 0.6) is 0 Å². The van der Waals surface area contributed by atoms with Crippen molar-refractivity contribution in [3.05, 3.63) is 33.9 Å². The number of aryl methyl sites for hydroxylation is 1. The molecule has 0 fully saturated rings. The molecular formula is C16H27N4O3+. The summed E-state index contributed by atoms with van der Waals surface area (Å²) in [5, 5.41) is 17.1. The third kappa shape index (κ3) is 7.10. The van der Waals surface area contributed by atoms with Gasteiger partial charge in [-0.1, -0.05) is 6.07 Å². The summed E-state index contributed by atoms with van der Waals surface area (Å²) >= 11 is 0. The van der Waals surface area contributed by atoms with Gasteiger partial charge >= 0.3 is 0 Å². The van der Waals surface area contributed by atoms with Crippen molar-refractivity contribution in [2.24, 2.45) is 5.92 Å². The van der Waals surface area contributed by atoms with Crippen LogP contribution in [0.4, 0.5) is 11.4 Å². The monoisotopic (exact) mass is 323 g/mol. The molecule has 1 unspecified atom stereocenters. The third-order valence-electron chi connectivity index (χ3n) is 3.68. The molecule has 7 nitrogen and oxygen atoms in total. The predicted molar refractivity (Wildman–Crippen MR) is 90.1 cm³/mol. The Balaban J connectivity index is 2.68. The largest absolute Gasteiger partial charge is 0.379 e. The van der Waals surface area contributed by atoms with E-state index in [0.717, 1.165) is 31.4 Å². The van der Waals surface area contributed by atoms with Crippen LogP contribution in [0.2, 0.25) is 0 Å². The Morgan fingerprint density at radius 1 is 1.35 bits per heavy atom. The zero-order valence-corrected chi connectivity index (χ0v) is 13.9. The lowest BCUT2D eigenvalue weighted by molar-refractivity contribution is -0.384. The standard InChI is InChI=1S/C16H26N4O3/c1-12-6-7-15(16(9-12)20(22)23)19-11-14(5-3-4-8-17)10-18-13(2)21/h6-7,9,14,19H,3-5,8,10-11,17H2,1-2H3,(H,18,21)/p+1. The Hall–Kier alpha value is -2.15. The van der Waals surface area contributed by atoms with E-state index < -0.39 is 0 Å². The molecule has 7 heteroatoms. The third-order valence-corrected chi connectivity index (χ3v) is 3.68. The highest BCUT2D eigenvalue weighted by molar-refractivity contribution is 5.72. The van der Waals surface area contributed by atoms with Gasteiger partial charge in [0.15, 0.2) is 0 Å². The fourth-order valence-corrected chi connectivity index (χ4v) is 2.37. The highest BCUT2D eigenvalue weighted by Crippen LogP contribution is 2.25. The lowest BCUT2D eigenvalue weighted by Gasteiger charge is -2.18. The van der Waals surface area contributed by atoms with Gasteiger partial charge in [0.25, 0.3) is 5.69 Å². The Bertz CT molecular complexity index is 534. The number of amides is 1. The number of anilines is 1. The van der Waals surface area contributed by atoms with E-state index in [-0.39, 0.29) is 22.4 Å². The molecule has 1 aromatic rings. The molecule has 0 spiro atoms. The SMILES string of the molecule is CC(=O)NCC(CCCC[NH3+])CNc1ccc(C)cc1[N+](=O)[O-]. The van der Waals surface area contributed by atoms with Crippen molar-refractivity contribution in [3.8, 4) is 0 Å². The van der Waals surface area contributed by atoms with Crippen LogP contribution in [0, 0.1) is 23.0 Å². The molecule has 5 N–H and O–H groups in total. The van der Waals surface area contributed by atoms with Gasteiger partial charge in [0.1, 0.15) is 5.69 Å². The van der Waals surface area contributed by atoms with Crippen molar-refractivity contribution >= 4 is 17.3 Å². The molecular weight excluding hydrogens is 296 g/mol. The van der Waals surface area contributed by atoms with Crippen LogP contribution in [-0.4, -0.2) is 30.5 Å². The van der Waals surface area contributed by atoms with E-state index in [2.05, 4.69) is 16.4 Å². The van der Waals surface area contributed by atoms with Crippen molar-refractivity contribution in [2.45, 2.75) is 33.1 Å². The highest BCUT2D eigenvalue weighted by Gasteiger charge is 2.16. The van der Waals surface area contributed by atoms with Gasteiger partial charge in [0, 0.05) is 26.1 Å². The predicted octanol–water partition coefficient (Wildman–Crippen LogP) is 1.48. The second-order valence-electron chi connectivity index (χ2n) is 5.81. The number of hydrogen-bond donors (Lipinski definition) is 3. The summed E-state index contributed by atoms with van der Waals surface area (Å²) in [5.41, 5.74) is 5.29. The van der Waals surface area contributed by atoms with Gasteiger partial charge < -0.3 is 16.4 Å². The molecule has 0 aliphatic carbocycles. The van der Waals surface area contributed by atoms with Gasteiger partial charge in [-0.25, -0.2) is 0 Å². The molecule has 0 heterocycles. The second kappa shape index (κ2) is 9.78. The van der Waals surface area contributed by atoms with E-state index in [1.165, 1.54) is 6.92 Å². The topological polar surface area (TPSA) is 112 Å². The molecule has 1 amide bonds. The lowest BCUT2D eigenvalue weighted by atomic mass is 10.0. The second-order valence-corrected chi connectivity index (χ2v) is 5.81. The maximum Gasteiger partial charge on any atom is 0.292 e. The molecule has 128 valence electrons. The lowest BCUT2D eigenvalue weighted by Crippen LogP contribution is -2.50. The summed E-state index contributed by atoms with van der Waals surface area (Å²) < 4.78 is 0. The van der Waals surface area contributed by atoms with E-state index in [9.17, 15) is 14.9 Å². The molecule has 0 saturated heterocycles. The summed E-state index contributed by atoms with van der Waals surface area (Å²) in [7, 11) is 0. The molecule has 1 aromatic carbocycles. The first-order chi connectivity index (χ1) is 10.9. The number of nitrogens with zero attached hydrogens (tertiary/aromatic N) is 1. The molecule has 1 atom stereocenters. The number of carbonyl (C=O) groups is 1. The summed E-state index contributed by atoms with van der Waals surface area (Å²) in [6, 6.07) is 5.15. The summed E-state index contributed by atoms with van der Waals surface area (Å²) in [5.74, 6) is 0.167. The van der Waals surface area contributed by atoms with Gasteiger partial charge in [-0.3, -0.25) is 14.9 Å². The molecule has 0 aromatic heterocycles. The average Bonchev–Trinajstić information content (AvgIpc) is 2.50. The van der Waals surface area contributed by atoms with Gasteiger partial charge in [0.05, 0.1) is 11.5 Å². The maximum atomic E-state index is 11.1. The number of hydrogen-bond acceptors (Lipinski definition) is 4. The van der Waals surface area contributed by atoms with Gasteiger partial charge in [-0.15, -0.1) is 0 Å². The van der Waals surface area contributed by atoms with E-state index in [1.54, 1.807) is 12.1 Å². The molecule has 0 aliphatic rings. The van der Waals surface area contributed by atoms with Crippen molar-refractivity contribution in [1.82, 2.24) is 5.32 Å². The van der Waals surface area contributed by atoms with Gasteiger partial charge in [-0.2, -0.15) is 0 Å². The number of nitro groups is 1. The minimum atomic E-state index is -0.374. The zero-order chi connectivity index (χ0) is 17.2. The summed E-state index contributed by atoms with van der Waals surface area (Å²) in [6.45, 7) is 5.37. The molecule has 0 saturated carbocycles. The highest BCUT2D eigenvalue weighted by atomic mass is 16.6. The molecule has 0 radical (unpaired) electrons. The van der Waals surface area contributed by atoms with Crippen molar-refractivity contribution in [3.63, 3.8) is 0 Å². The molecule has 23 heavy (non-hydrogen) atoms. The molecule has 1 rings (SSSR count). The van der Waals surface area contributed by atoms with Crippen LogP contribution in [0.15, 0.2) is 18.2 Å². The minimum Gasteiger partial charge on any atom is -0.379 e. The van der Waals surface area contributed by atoms with Crippen LogP contribution in [-0.2, 0) is 4.79 Å². The number of benzene rings is 1. The summed E-state index contributed by atoms with van der Waals surface area (Å²) in [6.07, 6.45) is 3.02. The maximum absolute atomic E-state index is 11.1. The smallest absolute Gasteiger partial charge is 0.292 e. The number of nitrogens with one attached hydrogen (secondary N) is 2. The fraction of sp³-hybridized carbons (Fsp3) is 0.562. The van der Waals surface area contributed by atoms with Crippen LogP contribution >= 0.6 is 0 Å². The Morgan fingerprint density at radius 2 is 2.09 bits per heavy atom. The Labute approximate surface area is 136 Å². The minimum absolute atomic E-state index is 0.0616. The van der Waals surface area contributed by atoms with Crippen LogP contribution in [0.25, 0.3) is 0 Å². The number of rotatable bonds is 10. The van der Waals surface area contributed by atoms with Crippen LogP contribution in [0.3, 0.4) is 0 Å². The molecule has 0 bridgehead atoms. The summed E-state index contributed by atoms with van der Waals surface area (Å²) in [4.78, 5) is 21.9. The number of nitro benzene ring substituents is 1. The zero-order valence-electron chi connectivity index (χ0n) is 13.9. The Kier molecular flexibility index (Phi) is 8.04. The Morgan fingerprint density at radius 3 is 2.70 bits per heavy atom. The van der Waals surface area contributed by atoms with Gasteiger partial charge in [-0.05, 0) is 43.7 Å². The number of quaternary nitrogens is 1. The van der Waals surface area contributed by atoms with Crippen LogP contribution in [0.1, 0.15) is 31.7 Å². The van der Waals surface area contributed by atoms with E-state index >= 15 is 0 Å². The van der Waals surface area contributed by atoms with E-state index in [0.29, 0.717) is 18.8 Å². The van der Waals surface area contributed by atoms with E-state index in [1.807, 2.05) is 13.0 Å². The fourth-order valence-electron chi connectivity index (χ4n) is 2.37. The molecule has 0 aliphatic heterocycles. The van der Waals surface area contributed by atoms with Gasteiger partial charge in [0.2, 0.25) is 5.91 Å². The number of carbonyl (C=O) groups excluding carboxylic acids is 1. The first kappa shape index (κ1) is 18.9. The van der Waals surface area contributed by atoms with Crippen molar-refractivity contribution in [1.29, 1.82) is 0 Å². The van der Waals surface area contributed by atoms with Crippen molar-refractivity contribution < 1.29 is 15.5 Å². The van der Waals surface area contributed by atoms with Crippen LogP contribution < -0.4 is 16.4 Å².